The van der Waals surface area contributed by atoms with Crippen molar-refractivity contribution in [2.75, 3.05) is 35.3 Å². The lowest BCUT2D eigenvalue weighted by atomic mass is 10.3. The van der Waals surface area contributed by atoms with E-state index in [0.717, 1.165) is 11.6 Å². The van der Waals surface area contributed by atoms with E-state index in [1.165, 1.54) is 0 Å². The third-order valence-corrected chi connectivity index (χ3v) is 0. The number of quaternary nitrogens is 1. The minimum Gasteiger partial charge on any atom is -0.418 e. The van der Waals surface area contributed by atoms with Crippen LogP contribution in [0.4, 0.5) is 17.3 Å². The topological polar surface area (TPSA) is 20.2 Å². The third-order valence-electron chi connectivity index (χ3n) is 0. The Balaban J connectivity index is -0.000000112. The van der Waals surface area contributed by atoms with Gasteiger partial charge >= 0.3 is 7.25 Å². The molecular weight excluding hydrogens is 177 g/mol. The van der Waals surface area contributed by atoms with E-state index in [9.17, 15) is 17.3 Å². The van der Waals surface area contributed by atoms with Crippen LogP contribution in [0.2, 0.25) is 0 Å². The Morgan fingerprint density at radius 2 is 0.833 bits per heavy atom. The van der Waals surface area contributed by atoms with Gasteiger partial charge in [-0.2, -0.15) is 0 Å². The highest BCUT2D eigenvalue weighted by Gasteiger charge is 2.20. The summed E-state index contributed by atoms with van der Waals surface area (Å²) in [5, 5.41) is 7.00. The molecule has 0 unspecified atom stereocenters. The Hall–Kier alpha value is -0.295. The van der Waals surface area contributed by atoms with Gasteiger partial charge in [0.15, 0.2) is 0 Å². The standard InChI is InChI=1S/C4H12N.CH4O.BF4/c1-5(2,3)4;1-2;2-1(3,4)5/h1-4H3;2H,1H3;/q+1;;-1. The van der Waals surface area contributed by atoms with Crippen molar-refractivity contribution in [1.82, 2.24) is 0 Å². The maximum absolute atomic E-state index is 9.75. The van der Waals surface area contributed by atoms with Gasteiger partial charge in [0.2, 0.25) is 0 Å². The molecule has 0 amide bonds. The van der Waals surface area contributed by atoms with Crippen LogP contribution in [0.25, 0.3) is 0 Å². The zero-order valence-corrected chi connectivity index (χ0v) is 7.98. The summed E-state index contributed by atoms with van der Waals surface area (Å²) in [6, 6.07) is 0. The zero-order valence-electron chi connectivity index (χ0n) is 7.98. The van der Waals surface area contributed by atoms with Crippen LogP contribution in [0, 0.1) is 0 Å². The summed E-state index contributed by atoms with van der Waals surface area (Å²) in [6.07, 6.45) is 0. The molecule has 0 spiro atoms. The molecule has 0 aromatic heterocycles. The van der Waals surface area contributed by atoms with Gasteiger partial charge in [0.05, 0.1) is 28.2 Å². The second-order valence-electron chi connectivity index (χ2n) is 3.18. The van der Waals surface area contributed by atoms with Crippen LogP contribution in [0.15, 0.2) is 0 Å². The van der Waals surface area contributed by atoms with Crippen LogP contribution in [0.1, 0.15) is 0 Å². The maximum atomic E-state index is 9.75. The van der Waals surface area contributed by atoms with E-state index in [0.29, 0.717) is 0 Å². The first-order valence-electron chi connectivity index (χ1n) is 3.11. The molecule has 1 N–H and O–H groups in total. The van der Waals surface area contributed by atoms with Crippen LogP contribution in [-0.4, -0.2) is 52.1 Å². The molecule has 0 radical (unpaired) electrons. The molecule has 0 bridgehead atoms. The number of hydrogen-bond donors (Lipinski definition) is 1. The Labute approximate surface area is 70.5 Å². The number of nitrogens with zero attached hydrogens (tertiary/aromatic N) is 1. The van der Waals surface area contributed by atoms with Gasteiger partial charge in [0.25, 0.3) is 0 Å². The lowest BCUT2D eigenvalue weighted by Gasteiger charge is -2.14. The Morgan fingerprint density at radius 3 is 0.833 bits per heavy atom. The third kappa shape index (κ3) is 8450. The van der Waals surface area contributed by atoms with E-state index in [2.05, 4.69) is 28.2 Å². The molecule has 2 nitrogen and oxygen atoms in total. The second-order valence-corrected chi connectivity index (χ2v) is 3.18. The molecular formula is C5H16BF4NO. The number of aliphatic hydroxyl groups excluding tert-OH is 1. The number of aliphatic hydroxyl groups is 1. The fourth-order valence-electron chi connectivity index (χ4n) is 0. The van der Waals surface area contributed by atoms with Crippen LogP contribution in [-0.2, 0) is 0 Å². The highest BCUT2D eigenvalue weighted by atomic mass is 19.5. The molecule has 0 atom stereocenters. The first kappa shape index (κ1) is 17.7. The molecule has 0 aliphatic carbocycles. The van der Waals surface area contributed by atoms with Crippen molar-refractivity contribution < 1.29 is 26.9 Å². The van der Waals surface area contributed by atoms with E-state index in [4.69, 9.17) is 5.11 Å². The highest BCUT2D eigenvalue weighted by molar-refractivity contribution is 6.50. The van der Waals surface area contributed by atoms with Crippen molar-refractivity contribution in [1.29, 1.82) is 0 Å². The first-order chi connectivity index (χ1) is 5.00. The minimum absolute atomic E-state index is 1.00. The van der Waals surface area contributed by atoms with Crippen LogP contribution < -0.4 is 0 Å². The zero-order chi connectivity index (χ0) is 11.0. The molecule has 0 rings (SSSR count). The Bertz CT molecular complexity index is 66.4. The quantitative estimate of drug-likeness (QED) is 0.348. The summed E-state index contributed by atoms with van der Waals surface area (Å²) in [6.45, 7) is 0. The average Bonchev–Trinajstić information content (AvgIpc) is 1.59. The second kappa shape index (κ2) is 7.36. The molecule has 0 aliphatic rings. The van der Waals surface area contributed by atoms with Gasteiger partial charge in [-0.3, -0.25) is 0 Å². The normalized spacial score (nSPS) is 10.5. The fraction of sp³-hybridized carbons (Fsp3) is 1.00. The Morgan fingerprint density at radius 1 is 0.833 bits per heavy atom. The van der Waals surface area contributed by atoms with Gasteiger partial charge in [-0.05, 0) is 0 Å². The fourth-order valence-corrected chi connectivity index (χ4v) is 0. The molecule has 7 heteroatoms. The van der Waals surface area contributed by atoms with Crippen molar-refractivity contribution in [3.05, 3.63) is 0 Å². The first-order valence-corrected chi connectivity index (χ1v) is 3.11. The molecule has 0 heterocycles. The van der Waals surface area contributed by atoms with Gasteiger partial charge in [-0.1, -0.05) is 0 Å². The summed E-state index contributed by atoms with van der Waals surface area (Å²) in [5.41, 5.74) is 0. The molecule has 78 valence electrons. The van der Waals surface area contributed by atoms with E-state index < -0.39 is 7.25 Å². The van der Waals surface area contributed by atoms with E-state index in [1.54, 1.807) is 0 Å². The molecule has 0 saturated heterocycles. The number of halogens is 4. The van der Waals surface area contributed by atoms with Crippen LogP contribution in [0.5, 0.6) is 0 Å². The summed E-state index contributed by atoms with van der Waals surface area (Å²) in [5.74, 6) is 0. The molecule has 0 aromatic carbocycles. The summed E-state index contributed by atoms with van der Waals surface area (Å²) >= 11 is 0. The van der Waals surface area contributed by atoms with Crippen molar-refractivity contribution in [2.24, 2.45) is 0 Å². The molecule has 12 heavy (non-hydrogen) atoms. The largest absolute Gasteiger partial charge is 0.673 e. The maximum Gasteiger partial charge on any atom is 0.673 e. The monoisotopic (exact) mass is 193 g/mol. The molecule has 0 aromatic rings. The highest BCUT2D eigenvalue weighted by Crippen LogP contribution is 2.06. The van der Waals surface area contributed by atoms with Gasteiger partial charge in [-0.15, -0.1) is 0 Å². The van der Waals surface area contributed by atoms with E-state index in [1.807, 2.05) is 0 Å². The van der Waals surface area contributed by atoms with Crippen molar-refractivity contribution >= 4 is 7.25 Å². The predicted octanol–water partition coefficient (Wildman–Crippen LogP) is 1.23. The predicted molar refractivity (Wildman–Crippen MR) is 42.3 cm³/mol. The SMILES string of the molecule is CO.C[N+](C)(C)C.F[B-](F)(F)F. The van der Waals surface area contributed by atoms with Crippen molar-refractivity contribution in [3.8, 4) is 0 Å². The van der Waals surface area contributed by atoms with E-state index in [-0.39, 0.29) is 0 Å². The van der Waals surface area contributed by atoms with Crippen molar-refractivity contribution in [3.63, 3.8) is 0 Å². The van der Waals surface area contributed by atoms with Gasteiger partial charge in [-0.25, -0.2) is 0 Å². The minimum atomic E-state index is -6.00. The lowest BCUT2D eigenvalue weighted by molar-refractivity contribution is -0.849. The lowest BCUT2D eigenvalue weighted by Crippen LogP contribution is -2.27. The van der Waals surface area contributed by atoms with Gasteiger partial charge in [0, 0.05) is 7.11 Å². The Kier molecular flexibility index (Phi) is 10.9. The molecule has 0 saturated carbocycles. The molecule has 0 aliphatic heterocycles. The molecule has 0 fully saturated rings. The summed E-state index contributed by atoms with van der Waals surface area (Å²) < 4.78 is 40.0. The smallest absolute Gasteiger partial charge is 0.418 e. The summed E-state index contributed by atoms with van der Waals surface area (Å²) in [7, 11) is 3.50. The summed E-state index contributed by atoms with van der Waals surface area (Å²) in [4.78, 5) is 0. The van der Waals surface area contributed by atoms with Crippen LogP contribution >= 0.6 is 0 Å². The average molecular weight is 193 g/mol. The number of rotatable bonds is 0. The number of hydrogen-bond acceptors (Lipinski definition) is 1. The van der Waals surface area contributed by atoms with E-state index >= 15 is 0 Å². The van der Waals surface area contributed by atoms with Gasteiger partial charge in [0.1, 0.15) is 0 Å². The van der Waals surface area contributed by atoms with Crippen molar-refractivity contribution in [2.45, 2.75) is 0 Å². The van der Waals surface area contributed by atoms with Gasteiger partial charge < -0.3 is 26.9 Å². The van der Waals surface area contributed by atoms with Crippen LogP contribution in [0.3, 0.4) is 0 Å².